The minimum Gasteiger partial charge on any atom is -0.167 e. The first kappa shape index (κ1) is 19.4. The van der Waals surface area contributed by atoms with Crippen molar-refractivity contribution >= 4 is 38.7 Å². The zero-order valence-electron chi connectivity index (χ0n) is 15.5. The molecule has 0 atom stereocenters. The van der Waals surface area contributed by atoms with Crippen molar-refractivity contribution in [2.45, 2.75) is 4.90 Å². The average Bonchev–Trinajstić information content (AvgIpc) is 2.77. The molecule has 0 aliphatic carbocycles. The zero-order chi connectivity index (χ0) is 20.3. The fourth-order valence-electron chi connectivity index (χ4n) is 3.57. The summed E-state index contributed by atoms with van der Waals surface area (Å²) in [4.78, 5) is 0.215. The van der Waals surface area contributed by atoms with E-state index in [0.717, 1.165) is 0 Å². The lowest BCUT2D eigenvalue weighted by molar-refractivity contribution is 0.554. The van der Waals surface area contributed by atoms with Gasteiger partial charge in [0.25, 0.3) is 0 Å². The summed E-state index contributed by atoms with van der Waals surface area (Å²) in [5.41, 5.74) is 1.63. The first-order valence-corrected chi connectivity index (χ1v) is 11.0. The van der Waals surface area contributed by atoms with E-state index in [1.807, 2.05) is 60.7 Å². The van der Waals surface area contributed by atoms with E-state index >= 15 is 0 Å². The van der Waals surface area contributed by atoms with Gasteiger partial charge in [0.05, 0.1) is 0 Å². The highest BCUT2D eigenvalue weighted by molar-refractivity contribution is 7.91. The van der Waals surface area contributed by atoms with Gasteiger partial charge in [0.15, 0.2) is 17.1 Å². The topological polar surface area (TPSA) is 34.1 Å². The molecule has 4 aromatic carbocycles. The molecule has 0 fully saturated rings. The van der Waals surface area contributed by atoms with Crippen LogP contribution in [0.4, 0.5) is 17.1 Å². The minimum absolute atomic E-state index is 0.215. The third kappa shape index (κ3) is 3.15. The summed E-state index contributed by atoms with van der Waals surface area (Å²) in [6.07, 6.45) is 0. The van der Waals surface area contributed by atoms with E-state index in [-0.39, 0.29) is 4.90 Å². The number of hydrogen-bond acceptors (Lipinski definition) is 2. The predicted molar refractivity (Wildman–Crippen MR) is 119 cm³/mol. The second kappa shape index (κ2) is 7.84. The largest absolute Gasteiger partial charge is 0.341 e. The lowest BCUT2D eigenvalue weighted by atomic mass is 10.2. The molecular weight excluding hydrogens is 402 g/mol. The summed E-state index contributed by atoms with van der Waals surface area (Å²) in [6.45, 7) is 0. The lowest BCUT2D eigenvalue weighted by Crippen LogP contribution is -2.45. The fraction of sp³-hybridized carbons (Fsp3) is 0. The van der Waals surface area contributed by atoms with Crippen molar-refractivity contribution < 1.29 is 8.42 Å². The monoisotopic (exact) mass is 420 g/mol. The average molecular weight is 421 g/mol. The Morgan fingerprint density at radius 3 is 1.45 bits per heavy atom. The molecular formula is C24H19ClNO2S+. The van der Waals surface area contributed by atoms with Gasteiger partial charge < -0.3 is 0 Å². The van der Waals surface area contributed by atoms with Gasteiger partial charge in [-0.3, -0.25) is 0 Å². The summed E-state index contributed by atoms with van der Waals surface area (Å²) in [5, 5.41) is 0.375. The second-order valence-corrected chi connectivity index (χ2v) is 8.90. The Hall–Kier alpha value is -2.92. The quantitative estimate of drug-likeness (QED) is 0.336. The van der Waals surface area contributed by atoms with Crippen LogP contribution in [0, 0.1) is 0 Å². The smallest absolute Gasteiger partial charge is 0.167 e. The summed E-state index contributed by atoms with van der Waals surface area (Å²) in [6, 6.07) is 33.9. The molecule has 0 spiro atoms. The Labute approximate surface area is 176 Å². The number of sulfonamides is 1. The van der Waals surface area contributed by atoms with Crippen LogP contribution in [0.25, 0.3) is 0 Å². The van der Waals surface area contributed by atoms with Crippen molar-refractivity contribution in [2.75, 3.05) is 0 Å². The second-order valence-electron chi connectivity index (χ2n) is 6.52. The van der Waals surface area contributed by atoms with E-state index in [9.17, 15) is 8.42 Å². The van der Waals surface area contributed by atoms with Gasteiger partial charge in [-0.05, 0) is 18.2 Å². The van der Waals surface area contributed by atoms with Gasteiger partial charge >= 0.3 is 10.0 Å². The van der Waals surface area contributed by atoms with Crippen LogP contribution < -0.4 is 3.89 Å². The van der Waals surface area contributed by atoms with Gasteiger partial charge in [-0.1, -0.05) is 78.3 Å². The molecule has 0 heterocycles. The SMILES string of the molecule is O=S(=O)(c1ccccc1)[N+](c1ccccc1)(c1ccccc1)c1ccccc1Cl. The van der Waals surface area contributed by atoms with Crippen LogP contribution in [0.3, 0.4) is 0 Å². The molecule has 0 N–H and O–H groups in total. The van der Waals surface area contributed by atoms with Gasteiger partial charge in [-0.15, -0.1) is 3.89 Å². The van der Waals surface area contributed by atoms with Gasteiger partial charge in [0.1, 0.15) is 9.92 Å². The maximum atomic E-state index is 14.3. The number of benzene rings is 4. The standard InChI is InChI=1S/C24H19ClNO2S/c25-23-18-10-11-19-24(23)26(20-12-4-1-5-13-20,21-14-6-2-7-15-21)29(27,28)22-16-8-3-9-17-22/h1-19H/q+1. The number of hydrogen-bond donors (Lipinski definition) is 0. The normalized spacial score (nSPS) is 11.9. The molecule has 0 aliphatic heterocycles. The highest BCUT2D eigenvalue weighted by Crippen LogP contribution is 2.51. The molecule has 0 aromatic heterocycles. The number of halogens is 1. The molecule has 0 unspecified atom stereocenters. The van der Waals surface area contributed by atoms with E-state index in [4.69, 9.17) is 11.6 Å². The van der Waals surface area contributed by atoms with E-state index < -0.39 is 13.9 Å². The van der Waals surface area contributed by atoms with Crippen LogP contribution >= 0.6 is 11.6 Å². The maximum absolute atomic E-state index is 14.3. The molecule has 29 heavy (non-hydrogen) atoms. The lowest BCUT2D eigenvalue weighted by Gasteiger charge is -2.36. The molecule has 0 aliphatic rings. The molecule has 0 bridgehead atoms. The predicted octanol–water partition coefficient (Wildman–Crippen LogP) is 6.70. The number of para-hydroxylation sites is 3. The molecule has 4 rings (SSSR count). The Bertz CT molecular complexity index is 1170. The van der Waals surface area contributed by atoms with Crippen molar-refractivity contribution in [2.24, 2.45) is 0 Å². The minimum atomic E-state index is -3.99. The zero-order valence-corrected chi connectivity index (χ0v) is 17.1. The molecule has 0 saturated heterocycles. The third-order valence-electron chi connectivity index (χ3n) is 4.83. The van der Waals surface area contributed by atoms with Crippen LogP contribution in [0.2, 0.25) is 5.02 Å². The Morgan fingerprint density at radius 2 is 0.966 bits per heavy atom. The Balaban J connectivity index is 2.21. The molecule has 144 valence electrons. The maximum Gasteiger partial charge on any atom is 0.341 e. The summed E-state index contributed by atoms with van der Waals surface area (Å²) in [7, 11) is -3.99. The number of rotatable bonds is 5. The molecule has 0 radical (unpaired) electrons. The van der Waals surface area contributed by atoms with Crippen molar-refractivity contribution in [3.8, 4) is 0 Å². The summed E-state index contributed by atoms with van der Waals surface area (Å²) < 4.78 is 28.1. The molecule has 3 nitrogen and oxygen atoms in total. The van der Waals surface area contributed by atoms with Gasteiger partial charge in [0.2, 0.25) is 0 Å². The Kier molecular flexibility index (Phi) is 5.24. The molecule has 0 amide bonds. The van der Waals surface area contributed by atoms with E-state index in [2.05, 4.69) is 0 Å². The van der Waals surface area contributed by atoms with Crippen molar-refractivity contribution in [3.05, 3.63) is 120 Å². The highest BCUT2D eigenvalue weighted by Gasteiger charge is 2.51. The van der Waals surface area contributed by atoms with Gasteiger partial charge in [0, 0.05) is 30.3 Å². The van der Waals surface area contributed by atoms with E-state index in [1.165, 1.54) is 0 Å². The van der Waals surface area contributed by atoms with Crippen LogP contribution in [0.1, 0.15) is 0 Å². The molecule has 5 heteroatoms. The third-order valence-corrected chi connectivity index (χ3v) is 7.36. The molecule has 0 saturated carbocycles. The highest BCUT2D eigenvalue weighted by atomic mass is 35.5. The fourth-order valence-corrected chi connectivity index (χ4v) is 5.91. The first-order chi connectivity index (χ1) is 14.1. The first-order valence-electron chi connectivity index (χ1n) is 9.14. The van der Waals surface area contributed by atoms with Gasteiger partial charge in [-0.2, -0.15) is 8.42 Å². The van der Waals surface area contributed by atoms with Crippen molar-refractivity contribution in [3.63, 3.8) is 0 Å². The summed E-state index contributed by atoms with van der Waals surface area (Å²) >= 11 is 6.62. The Morgan fingerprint density at radius 1 is 0.552 bits per heavy atom. The van der Waals surface area contributed by atoms with E-state index in [0.29, 0.717) is 22.1 Å². The molecule has 4 aromatic rings. The van der Waals surface area contributed by atoms with Crippen molar-refractivity contribution in [1.82, 2.24) is 3.89 Å². The van der Waals surface area contributed by atoms with Crippen LogP contribution in [0.5, 0.6) is 0 Å². The van der Waals surface area contributed by atoms with Crippen LogP contribution in [0.15, 0.2) is 120 Å². The summed E-state index contributed by atoms with van der Waals surface area (Å²) in [5.74, 6) is 0. The van der Waals surface area contributed by atoms with E-state index in [1.54, 1.807) is 54.6 Å². The van der Waals surface area contributed by atoms with Crippen molar-refractivity contribution in [1.29, 1.82) is 0 Å². The van der Waals surface area contributed by atoms with Gasteiger partial charge in [-0.25, -0.2) is 0 Å². The van der Waals surface area contributed by atoms with Crippen LogP contribution in [-0.4, -0.2) is 8.42 Å². The van der Waals surface area contributed by atoms with Crippen LogP contribution in [-0.2, 0) is 10.0 Å². The number of quaternary nitrogens is 1. The number of nitrogens with zero attached hydrogens (tertiary/aromatic N) is 1.